The Labute approximate surface area is 264 Å². The lowest BCUT2D eigenvalue weighted by molar-refractivity contribution is 0.155. The molecule has 0 atom stereocenters. The lowest BCUT2D eigenvalue weighted by atomic mass is 9.68. The maximum absolute atomic E-state index is 15.4. The predicted octanol–water partition coefficient (Wildman–Crippen LogP) is 13.0. The molecular formula is C41H51F3. The molecule has 5 rings (SSSR count). The summed E-state index contributed by atoms with van der Waals surface area (Å²) < 4.78 is 45.2. The van der Waals surface area contributed by atoms with E-state index in [1.54, 1.807) is 42.5 Å². The lowest BCUT2D eigenvalue weighted by Gasteiger charge is -2.38. The highest BCUT2D eigenvalue weighted by atomic mass is 19.2. The van der Waals surface area contributed by atoms with Crippen molar-refractivity contribution in [2.24, 2.45) is 17.8 Å². The number of allylic oxidation sites excluding steroid dienone is 2. The SMILES string of the molecule is C/C=C\CCCc1ccc(-c2ccc(-c3ccc(C4CCC(C5CCC(CCCCC)CC5)CC4)cc3F)cc2)c(F)c1F. The fourth-order valence-corrected chi connectivity index (χ4v) is 7.99. The first-order valence-corrected chi connectivity index (χ1v) is 17.5. The molecular weight excluding hydrogens is 549 g/mol. The highest BCUT2D eigenvalue weighted by molar-refractivity contribution is 5.71. The molecule has 44 heavy (non-hydrogen) atoms. The van der Waals surface area contributed by atoms with Crippen LogP contribution in [-0.2, 0) is 6.42 Å². The van der Waals surface area contributed by atoms with Crippen LogP contribution < -0.4 is 0 Å². The predicted molar refractivity (Wildman–Crippen MR) is 179 cm³/mol. The quantitative estimate of drug-likeness (QED) is 0.143. The maximum Gasteiger partial charge on any atom is 0.166 e. The average Bonchev–Trinajstić information content (AvgIpc) is 3.06. The summed E-state index contributed by atoms with van der Waals surface area (Å²) in [7, 11) is 0. The van der Waals surface area contributed by atoms with E-state index in [0.717, 1.165) is 54.6 Å². The Kier molecular flexibility index (Phi) is 11.8. The number of hydrogen-bond acceptors (Lipinski definition) is 0. The molecule has 0 unspecified atom stereocenters. The van der Waals surface area contributed by atoms with Crippen LogP contribution in [0.2, 0.25) is 0 Å². The number of benzene rings is 3. The minimum atomic E-state index is -0.818. The molecule has 0 spiro atoms. The fourth-order valence-electron chi connectivity index (χ4n) is 7.99. The molecule has 3 aromatic carbocycles. The summed E-state index contributed by atoms with van der Waals surface area (Å²) in [4.78, 5) is 0. The Balaban J connectivity index is 1.16. The van der Waals surface area contributed by atoms with Crippen LogP contribution in [0.5, 0.6) is 0 Å². The molecule has 0 amide bonds. The Morgan fingerprint density at radius 1 is 0.682 bits per heavy atom. The standard InChI is InChI=1S/C41H51F3/c1-3-5-7-9-11-35-24-27-38(41(44)40(35)43)34-22-20-33(21-23-34)37-26-25-36(28-39(37)42)32-18-16-31(17-19-32)30-14-12-29(13-15-30)10-8-6-4-2/h3,5,20-32H,4,6-19H2,1-2H3/b5-3-. The fraction of sp³-hybridized carbons (Fsp3) is 0.512. The number of unbranched alkanes of at least 4 members (excludes halogenated alkanes) is 3. The van der Waals surface area contributed by atoms with Gasteiger partial charge in [0.2, 0.25) is 0 Å². The van der Waals surface area contributed by atoms with E-state index >= 15 is 4.39 Å². The van der Waals surface area contributed by atoms with Gasteiger partial charge in [0.05, 0.1) is 0 Å². The zero-order valence-corrected chi connectivity index (χ0v) is 26.9. The van der Waals surface area contributed by atoms with Crippen molar-refractivity contribution in [3.05, 3.63) is 95.3 Å². The van der Waals surface area contributed by atoms with E-state index in [1.165, 1.54) is 64.2 Å². The van der Waals surface area contributed by atoms with Crippen LogP contribution in [0.4, 0.5) is 13.2 Å². The van der Waals surface area contributed by atoms with Crippen molar-refractivity contribution >= 4 is 0 Å². The van der Waals surface area contributed by atoms with Gasteiger partial charge in [-0.25, -0.2) is 13.2 Å². The van der Waals surface area contributed by atoms with E-state index in [4.69, 9.17) is 0 Å². The van der Waals surface area contributed by atoms with Gasteiger partial charge < -0.3 is 0 Å². The molecule has 0 heterocycles. The first-order valence-electron chi connectivity index (χ1n) is 17.5. The van der Waals surface area contributed by atoms with Crippen LogP contribution >= 0.6 is 0 Å². The minimum absolute atomic E-state index is 0.210. The second-order valence-electron chi connectivity index (χ2n) is 13.6. The van der Waals surface area contributed by atoms with Crippen LogP contribution in [0.25, 0.3) is 22.3 Å². The van der Waals surface area contributed by atoms with Gasteiger partial charge >= 0.3 is 0 Å². The van der Waals surface area contributed by atoms with Crippen LogP contribution in [0.15, 0.2) is 66.7 Å². The second-order valence-corrected chi connectivity index (χ2v) is 13.6. The third-order valence-corrected chi connectivity index (χ3v) is 10.7. The molecule has 236 valence electrons. The highest BCUT2D eigenvalue weighted by Gasteiger charge is 2.31. The first kappa shape index (κ1) is 32.6. The van der Waals surface area contributed by atoms with E-state index in [9.17, 15) is 8.78 Å². The third kappa shape index (κ3) is 8.06. The van der Waals surface area contributed by atoms with Crippen molar-refractivity contribution in [1.29, 1.82) is 0 Å². The largest absolute Gasteiger partial charge is 0.206 e. The van der Waals surface area contributed by atoms with Gasteiger partial charge in [-0.05, 0) is 117 Å². The third-order valence-electron chi connectivity index (χ3n) is 10.7. The van der Waals surface area contributed by atoms with Crippen molar-refractivity contribution in [3.63, 3.8) is 0 Å². The highest BCUT2D eigenvalue weighted by Crippen LogP contribution is 2.45. The van der Waals surface area contributed by atoms with Crippen molar-refractivity contribution in [3.8, 4) is 22.3 Å². The van der Waals surface area contributed by atoms with Gasteiger partial charge in [-0.2, -0.15) is 0 Å². The molecule has 0 aliphatic heterocycles. The normalized spacial score (nSPS) is 22.5. The van der Waals surface area contributed by atoms with Gasteiger partial charge in [0.25, 0.3) is 0 Å². The van der Waals surface area contributed by atoms with E-state index in [-0.39, 0.29) is 11.4 Å². The number of aryl methyl sites for hydroxylation is 1. The molecule has 0 bridgehead atoms. The summed E-state index contributed by atoms with van der Waals surface area (Å²) in [6.07, 6.45) is 22.2. The summed E-state index contributed by atoms with van der Waals surface area (Å²) in [5, 5.41) is 0. The van der Waals surface area contributed by atoms with Crippen LogP contribution in [-0.4, -0.2) is 0 Å². The number of halogens is 3. The Morgan fingerprint density at radius 3 is 1.95 bits per heavy atom. The molecule has 0 aromatic heterocycles. The molecule has 0 radical (unpaired) electrons. The van der Waals surface area contributed by atoms with Gasteiger partial charge in [0, 0.05) is 11.1 Å². The molecule has 2 saturated carbocycles. The molecule has 2 aliphatic rings. The lowest BCUT2D eigenvalue weighted by Crippen LogP contribution is -2.25. The van der Waals surface area contributed by atoms with E-state index in [2.05, 4.69) is 13.0 Å². The average molecular weight is 601 g/mol. The van der Waals surface area contributed by atoms with E-state index in [1.807, 2.05) is 25.1 Å². The van der Waals surface area contributed by atoms with Crippen LogP contribution in [0.1, 0.15) is 121 Å². The van der Waals surface area contributed by atoms with Gasteiger partial charge in [-0.3, -0.25) is 0 Å². The number of hydrogen-bond donors (Lipinski definition) is 0. The van der Waals surface area contributed by atoms with Gasteiger partial charge in [0.15, 0.2) is 11.6 Å². The molecule has 3 aromatic rings. The Morgan fingerprint density at radius 2 is 1.32 bits per heavy atom. The minimum Gasteiger partial charge on any atom is -0.206 e. The summed E-state index contributed by atoms with van der Waals surface area (Å²) in [6, 6.07) is 16.2. The molecule has 2 fully saturated rings. The van der Waals surface area contributed by atoms with Crippen LogP contribution in [0, 0.1) is 35.2 Å². The topological polar surface area (TPSA) is 0 Å². The van der Waals surface area contributed by atoms with Gasteiger partial charge in [0.1, 0.15) is 5.82 Å². The van der Waals surface area contributed by atoms with Crippen molar-refractivity contribution in [2.75, 3.05) is 0 Å². The molecule has 3 heteroatoms. The zero-order chi connectivity index (χ0) is 30.9. The van der Waals surface area contributed by atoms with Crippen molar-refractivity contribution < 1.29 is 13.2 Å². The Bertz CT molecular complexity index is 1360. The summed E-state index contributed by atoms with van der Waals surface area (Å²) >= 11 is 0. The summed E-state index contributed by atoms with van der Waals surface area (Å²) in [5.41, 5.74) is 3.63. The maximum atomic E-state index is 15.4. The van der Waals surface area contributed by atoms with Crippen molar-refractivity contribution in [1.82, 2.24) is 0 Å². The van der Waals surface area contributed by atoms with E-state index in [0.29, 0.717) is 29.0 Å². The van der Waals surface area contributed by atoms with Crippen molar-refractivity contribution in [2.45, 2.75) is 116 Å². The summed E-state index contributed by atoms with van der Waals surface area (Å²) in [6.45, 7) is 4.24. The monoisotopic (exact) mass is 600 g/mol. The smallest absolute Gasteiger partial charge is 0.166 e. The number of rotatable bonds is 12. The van der Waals surface area contributed by atoms with Gasteiger partial charge in [-0.15, -0.1) is 0 Å². The van der Waals surface area contributed by atoms with Gasteiger partial charge in [-0.1, -0.05) is 106 Å². The molecule has 0 saturated heterocycles. The van der Waals surface area contributed by atoms with E-state index < -0.39 is 11.6 Å². The molecule has 2 aliphatic carbocycles. The molecule has 0 nitrogen and oxygen atoms in total. The van der Waals surface area contributed by atoms with Crippen LogP contribution in [0.3, 0.4) is 0 Å². The Hall–Kier alpha value is -2.81. The summed E-state index contributed by atoms with van der Waals surface area (Å²) in [5.74, 6) is 1.35. The second kappa shape index (κ2) is 16.0. The first-order chi connectivity index (χ1) is 21.5. The zero-order valence-electron chi connectivity index (χ0n) is 26.9. The molecule has 0 N–H and O–H groups in total.